The van der Waals surface area contributed by atoms with Crippen LogP contribution >= 0.6 is 0 Å². The van der Waals surface area contributed by atoms with Crippen LogP contribution in [0.1, 0.15) is 39.0 Å². The zero-order valence-electron chi connectivity index (χ0n) is 13.2. The molecule has 1 fully saturated rings. The molecule has 1 saturated carbocycles. The molecule has 0 aromatic carbocycles. The maximum absolute atomic E-state index is 13.1. The fourth-order valence-electron chi connectivity index (χ4n) is 2.37. The highest BCUT2D eigenvalue weighted by atomic mass is 19.1. The molecule has 22 heavy (non-hydrogen) atoms. The van der Waals surface area contributed by atoms with Crippen LogP contribution in [-0.4, -0.2) is 30.0 Å². The van der Waals surface area contributed by atoms with Crippen molar-refractivity contribution in [2.45, 2.75) is 51.2 Å². The van der Waals surface area contributed by atoms with Crippen molar-refractivity contribution in [1.82, 2.24) is 4.90 Å². The van der Waals surface area contributed by atoms with Gasteiger partial charge in [-0.3, -0.25) is 0 Å². The van der Waals surface area contributed by atoms with Gasteiger partial charge in [0.2, 0.25) is 0 Å². The zero-order chi connectivity index (χ0) is 15.6. The molecule has 0 heterocycles. The second-order valence-electron chi connectivity index (χ2n) is 5.56. The van der Waals surface area contributed by atoms with Gasteiger partial charge in [-0.15, -0.1) is 0 Å². The Morgan fingerprint density at radius 1 is 1.41 bits per heavy atom. The van der Waals surface area contributed by atoms with Gasteiger partial charge >= 0.3 is 0 Å². The number of aliphatic imine (C=N–C) groups is 1. The zero-order valence-corrected chi connectivity index (χ0v) is 13.2. The van der Waals surface area contributed by atoms with Crippen LogP contribution in [0.15, 0.2) is 53.6 Å². The van der Waals surface area contributed by atoms with Crippen molar-refractivity contribution in [3.05, 3.63) is 48.6 Å². The third-order valence-electron chi connectivity index (χ3n) is 3.88. The monoisotopic (exact) mass is 304 g/mol. The molecule has 0 aliphatic heterocycles. The fourth-order valence-corrected chi connectivity index (χ4v) is 2.37. The summed E-state index contributed by atoms with van der Waals surface area (Å²) in [6, 6.07) is 0.557. The van der Waals surface area contributed by atoms with E-state index in [0.29, 0.717) is 12.6 Å². The average Bonchev–Trinajstić information content (AvgIpc) is 2.66. The van der Waals surface area contributed by atoms with Crippen molar-refractivity contribution in [3.8, 4) is 0 Å². The predicted octanol–water partition coefficient (Wildman–Crippen LogP) is 4.51. The summed E-state index contributed by atoms with van der Waals surface area (Å²) < 4.78 is 18.8. The molecule has 0 aromatic heterocycles. The van der Waals surface area contributed by atoms with E-state index in [-0.39, 0.29) is 11.9 Å². The number of allylic oxidation sites excluding steroid dienone is 4. The third-order valence-corrected chi connectivity index (χ3v) is 3.88. The lowest BCUT2D eigenvalue weighted by molar-refractivity contribution is 0.103. The third kappa shape index (κ3) is 5.60. The van der Waals surface area contributed by atoms with Crippen molar-refractivity contribution < 1.29 is 9.13 Å². The highest BCUT2D eigenvalue weighted by Crippen LogP contribution is 2.24. The van der Waals surface area contributed by atoms with Gasteiger partial charge in [0.15, 0.2) is 0 Å². The average molecular weight is 304 g/mol. The van der Waals surface area contributed by atoms with Crippen LogP contribution in [-0.2, 0) is 4.74 Å². The van der Waals surface area contributed by atoms with Gasteiger partial charge in [0.25, 0.3) is 0 Å². The Morgan fingerprint density at radius 3 is 3.00 bits per heavy atom. The van der Waals surface area contributed by atoms with Crippen LogP contribution in [0.25, 0.3) is 0 Å². The molecule has 0 aromatic rings. The van der Waals surface area contributed by atoms with E-state index in [9.17, 15) is 4.39 Å². The topological polar surface area (TPSA) is 24.8 Å². The second-order valence-corrected chi connectivity index (χ2v) is 5.56. The van der Waals surface area contributed by atoms with Crippen LogP contribution in [0.5, 0.6) is 0 Å². The molecular weight excluding hydrogens is 279 g/mol. The molecule has 2 rings (SSSR count). The molecule has 0 saturated heterocycles. The van der Waals surface area contributed by atoms with Crippen LogP contribution < -0.4 is 0 Å². The Kier molecular flexibility index (Phi) is 7.10. The predicted molar refractivity (Wildman–Crippen MR) is 89.2 cm³/mol. The standard InChI is InChI=1S/C18H25FN2O/c1-2-12-20-15-21(17-7-4-8-17)13-5-14-22-18-9-3-6-16(19)10-11-18/h2,5-6,10-13,15,17-18H,3-4,7-9,14H2,1H3/b12-2+,13-5+,20-15-. The van der Waals surface area contributed by atoms with E-state index in [2.05, 4.69) is 9.89 Å². The Hall–Kier alpha value is -1.68. The molecule has 0 N–H and O–H groups in total. The first-order valence-electron chi connectivity index (χ1n) is 8.03. The summed E-state index contributed by atoms with van der Waals surface area (Å²) in [5.41, 5.74) is 0. The highest BCUT2D eigenvalue weighted by molar-refractivity contribution is 5.58. The van der Waals surface area contributed by atoms with Gasteiger partial charge in [-0.25, -0.2) is 9.38 Å². The Labute approximate surface area is 132 Å². The van der Waals surface area contributed by atoms with Crippen molar-refractivity contribution in [2.75, 3.05) is 6.61 Å². The first-order chi connectivity index (χ1) is 10.8. The van der Waals surface area contributed by atoms with Gasteiger partial charge in [0, 0.05) is 18.4 Å². The Balaban J connectivity index is 1.77. The molecule has 0 bridgehead atoms. The van der Waals surface area contributed by atoms with Crippen LogP contribution in [0, 0.1) is 0 Å². The fraction of sp³-hybridized carbons (Fsp3) is 0.500. The first-order valence-corrected chi connectivity index (χ1v) is 8.03. The molecule has 1 unspecified atom stereocenters. The van der Waals surface area contributed by atoms with Gasteiger partial charge in [0.1, 0.15) is 5.83 Å². The second kappa shape index (κ2) is 9.36. The molecule has 0 amide bonds. The normalized spacial score (nSPS) is 23.2. The highest BCUT2D eigenvalue weighted by Gasteiger charge is 2.21. The minimum atomic E-state index is -0.169. The Morgan fingerprint density at radius 2 is 2.27 bits per heavy atom. The summed E-state index contributed by atoms with van der Waals surface area (Å²) >= 11 is 0. The van der Waals surface area contributed by atoms with Gasteiger partial charge in [-0.2, -0.15) is 0 Å². The van der Waals surface area contributed by atoms with E-state index in [1.807, 2.05) is 31.6 Å². The Bertz CT molecular complexity index is 475. The lowest BCUT2D eigenvalue weighted by atomic mass is 9.92. The first kappa shape index (κ1) is 16.7. The quantitative estimate of drug-likeness (QED) is 0.511. The smallest absolute Gasteiger partial charge is 0.119 e. The summed E-state index contributed by atoms with van der Waals surface area (Å²) in [6.07, 6.45) is 19.7. The number of halogens is 1. The molecule has 3 nitrogen and oxygen atoms in total. The van der Waals surface area contributed by atoms with Crippen molar-refractivity contribution in [2.24, 2.45) is 4.99 Å². The van der Waals surface area contributed by atoms with Gasteiger partial charge < -0.3 is 9.64 Å². The van der Waals surface area contributed by atoms with E-state index >= 15 is 0 Å². The lowest BCUT2D eigenvalue weighted by Crippen LogP contribution is -2.35. The maximum atomic E-state index is 13.1. The summed E-state index contributed by atoms with van der Waals surface area (Å²) in [4.78, 5) is 6.40. The van der Waals surface area contributed by atoms with Crippen LogP contribution in [0.4, 0.5) is 4.39 Å². The number of hydrogen-bond acceptors (Lipinski definition) is 2. The number of ether oxygens (including phenoxy) is 1. The van der Waals surface area contributed by atoms with Gasteiger partial charge in [0.05, 0.1) is 19.0 Å². The van der Waals surface area contributed by atoms with Crippen molar-refractivity contribution in [3.63, 3.8) is 0 Å². The molecule has 0 radical (unpaired) electrons. The van der Waals surface area contributed by atoms with Crippen molar-refractivity contribution >= 4 is 6.34 Å². The van der Waals surface area contributed by atoms with Crippen LogP contribution in [0.2, 0.25) is 0 Å². The summed E-state index contributed by atoms with van der Waals surface area (Å²) in [5, 5.41) is 0. The van der Waals surface area contributed by atoms with E-state index < -0.39 is 0 Å². The summed E-state index contributed by atoms with van der Waals surface area (Å²) in [5.74, 6) is -0.169. The molecule has 0 spiro atoms. The molecule has 2 aliphatic carbocycles. The molecule has 4 heteroatoms. The number of nitrogens with zero attached hydrogens (tertiary/aromatic N) is 2. The minimum absolute atomic E-state index is 0.0111. The van der Waals surface area contributed by atoms with Gasteiger partial charge in [-0.05, 0) is 57.3 Å². The van der Waals surface area contributed by atoms with E-state index in [4.69, 9.17) is 4.74 Å². The molecule has 1 atom stereocenters. The van der Waals surface area contributed by atoms with E-state index in [1.165, 1.54) is 25.3 Å². The lowest BCUT2D eigenvalue weighted by Gasteiger charge is -2.33. The van der Waals surface area contributed by atoms with Crippen LogP contribution in [0.3, 0.4) is 0 Å². The number of hydrogen-bond donors (Lipinski definition) is 0. The minimum Gasteiger partial charge on any atom is -0.370 e. The largest absolute Gasteiger partial charge is 0.370 e. The summed E-state index contributed by atoms with van der Waals surface area (Å²) in [7, 11) is 0. The SMILES string of the molecule is C/C=C/N=C\N(/C=C/COC1C=CC(F)=CCC1)C1CCC1. The molecular formula is C18H25FN2O. The van der Waals surface area contributed by atoms with E-state index in [0.717, 1.165) is 12.8 Å². The van der Waals surface area contributed by atoms with E-state index in [1.54, 1.807) is 18.4 Å². The van der Waals surface area contributed by atoms with Crippen molar-refractivity contribution in [1.29, 1.82) is 0 Å². The molecule has 120 valence electrons. The number of rotatable bonds is 7. The molecule has 2 aliphatic rings. The maximum Gasteiger partial charge on any atom is 0.119 e. The van der Waals surface area contributed by atoms with Gasteiger partial charge in [-0.1, -0.05) is 12.2 Å². The summed E-state index contributed by atoms with van der Waals surface area (Å²) in [6.45, 7) is 2.48.